The standard InChI is InChI=1S/C17H33NO/c1-16(2,3)11-7-8-15(19)14-9-12-18(13-10-14)17(4,5)6/h14H,7-13H2,1-6H3. The quantitative estimate of drug-likeness (QED) is 0.757. The molecule has 0 atom stereocenters. The highest BCUT2D eigenvalue weighted by Gasteiger charge is 2.29. The molecule has 1 fully saturated rings. The minimum absolute atomic E-state index is 0.250. The fourth-order valence-electron chi connectivity index (χ4n) is 2.87. The molecule has 0 unspecified atom stereocenters. The van der Waals surface area contributed by atoms with Gasteiger partial charge in [-0.05, 0) is 65.0 Å². The molecule has 0 bridgehead atoms. The molecule has 1 saturated heterocycles. The molecule has 0 aromatic carbocycles. The molecule has 0 N–H and O–H groups in total. The average molecular weight is 267 g/mol. The molecule has 1 aliphatic rings. The van der Waals surface area contributed by atoms with Gasteiger partial charge in [-0.1, -0.05) is 20.8 Å². The number of likely N-dealkylation sites (tertiary alicyclic amines) is 1. The summed E-state index contributed by atoms with van der Waals surface area (Å²) in [6.07, 6.45) is 5.12. The van der Waals surface area contributed by atoms with E-state index in [4.69, 9.17) is 0 Å². The van der Waals surface area contributed by atoms with E-state index < -0.39 is 0 Å². The van der Waals surface area contributed by atoms with Crippen molar-refractivity contribution in [2.45, 2.75) is 79.2 Å². The summed E-state index contributed by atoms with van der Waals surface area (Å²) in [7, 11) is 0. The average Bonchev–Trinajstić information content (AvgIpc) is 2.26. The van der Waals surface area contributed by atoms with Crippen molar-refractivity contribution in [1.29, 1.82) is 0 Å². The Morgan fingerprint density at radius 1 is 1.05 bits per heavy atom. The summed E-state index contributed by atoms with van der Waals surface area (Å²) in [4.78, 5) is 14.7. The Hall–Kier alpha value is -0.370. The second kappa shape index (κ2) is 6.39. The maximum absolute atomic E-state index is 12.2. The maximum Gasteiger partial charge on any atom is 0.136 e. The molecule has 2 heteroatoms. The van der Waals surface area contributed by atoms with Crippen molar-refractivity contribution in [1.82, 2.24) is 4.90 Å². The van der Waals surface area contributed by atoms with Crippen LogP contribution in [0.25, 0.3) is 0 Å². The van der Waals surface area contributed by atoms with Gasteiger partial charge in [0.2, 0.25) is 0 Å². The maximum atomic E-state index is 12.2. The van der Waals surface area contributed by atoms with Crippen molar-refractivity contribution in [3.63, 3.8) is 0 Å². The van der Waals surface area contributed by atoms with Gasteiger partial charge in [0.25, 0.3) is 0 Å². The summed E-state index contributed by atoms with van der Waals surface area (Å²) >= 11 is 0. The zero-order chi connectivity index (χ0) is 14.7. The van der Waals surface area contributed by atoms with E-state index in [0.717, 1.165) is 45.2 Å². The van der Waals surface area contributed by atoms with E-state index in [0.29, 0.717) is 17.1 Å². The Labute approximate surface area is 119 Å². The van der Waals surface area contributed by atoms with Gasteiger partial charge in [-0.2, -0.15) is 0 Å². The normalized spacial score (nSPS) is 19.7. The Bertz CT molecular complexity index is 287. The first-order chi connectivity index (χ1) is 8.59. The summed E-state index contributed by atoms with van der Waals surface area (Å²) in [6, 6.07) is 0. The van der Waals surface area contributed by atoms with Crippen LogP contribution in [-0.2, 0) is 4.79 Å². The van der Waals surface area contributed by atoms with Crippen LogP contribution in [0.4, 0.5) is 0 Å². The van der Waals surface area contributed by atoms with Gasteiger partial charge in [0.05, 0.1) is 0 Å². The molecule has 0 radical (unpaired) electrons. The highest BCUT2D eigenvalue weighted by atomic mass is 16.1. The van der Waals surface area contributed by atoms with E-state index in [2.05, 4.69) is 46.4 Å². The molecule has 0 aliphatic carbocycles. The number of nitrogens with zero attached hydrogens (tertiary/aromatic N) is 1. The van der Waals surface area contributed by atoms with Crippen LogP contribution in [0.1, 0.15) is 73.6 Å². The van der Waals surface area contributed by atoms with Crippen LogP contribution in [-0.4, -0.2) is 29.3 Å². The number of carbonyl (C=O) groups excluding carboxylic acids is 1. The molecule has 0 spiro atoms. The van der Waals surface area contributed by atoms with Crippen molar-refractivity contribution in [3.8, 4) is 0 Å². The molecule has 2 nitrogen and oxygen atoms in total. The van der Waals surface area contributed by atoms with Gasteiger partial charge >= 0.3 is 0 Å². The number of hydrogen-bond acceptors (Lipinski definition) is 2. The third-order valence-corrected chi connectivity index (χ3v) is 4.25. The van der Waals surface area contributed by atoms with Crippen molar-refractivity contribution in [2.24, 2.45) is 11.3 Å². The molecule has 0 amide bonds. The van der Waals surface area contributed by atoms with Gasteiger partial charge in [0.15, 0.2) is 0 Å². The SMILES string of the molecule is CC(C)(C)CCCC(=O)C1CCN(C(C)(C)C)CC1. The first-order valence-corrected chi connectivity index (χ1v) is 7.87. The van der Waals surface area contributed by atoms with Gasteiger partial charge in [0.1, 0.15) is 5.78 Å². The number of hydrogen-bond donors (Lipinski definition) is 0. The molecular formula is C17H33NO. The van der Waals surface area contributed by atoms with Crippen molar-refractivity contribution in [3.05, 3.63) is 0 Å². The lowest BCUT2D eigenvalue weighted by Crippen LogP contribution is -2.47. The predicted octanol–water partition coefficient (Wildman–Crippen LogP) is 4.28. The first-order valence-electron chi connectivity index (χ1n) is 7.87. The lowest BCUT2D eigenvalue weighted by atomic mass is 9.85. The molecule has 0 saturated carbocycles. The van der Waals surface area contributed by atoms with E-state index in [1.165, 1.54) is 0 Å². The number of rotatable bonds is 4. The highest BCUT2D eigenvalue weighted by molar-refractivity contribution is 5.81. The summed E-state index contributed by atoms with van der Waals surface area (Å²) in [6.45, 7) is 15.7. The molecular weight excluding hydrogens is 234 g/mol. The van der Waals surface area contributed by atoms with E-state index in [9.17, 15) is 4.79 Å². The fourth-order valence-corrected chi connectivity index (χ4v) is 2.87. The minimum atomic E-state index is 0.250. The zero-order valence-corrected chi connectivity index (χ0v) is 13.9. The van der Waals surface area contributed by atoms with Crippen LogP contribution >= 0.6 is 0 Å². The minimum Gasteiger partial charge on any atom is -0.299 e. The summed E-state index contributed by atoms with van der Waals surface area (Å²) < 4.78 is 0. The van der Waals surface area contributed by atoms with Crippen LogP contribution in [0.2, 0.25) is 0 Å². The third kappa shape index (κ3) is 6.07. The van der Waals surface area contributed by atoms with Crippen LogP contribution in [0.5, 0.6) is 0 Å². The van der Waals surface area contributed by atoms with E-state index in [-0.39, 0.29) is 5.54 Å². The van der Waals surface area contributed by atoms with Crippen molar-refractivity contribution >= 4 is 5.78 Å². The summed E-state index contributed by atoms with van der Waals surface area (Å²) in [5, 5.41) is 0. The Morgan fingerprint density at radius 3 is 2.00 bits per heavy atom. The van der Waals surface area contributed by atoms with Gasteiger partial charge in [-0.25, -0.2) is 0 Å². The second-order valence-corrected chi connectivity index (χ2v) is 8.31. The molecule has 112 valence electrons. The lowest BCUT2D eigenvalue weighted by molar-refractivity contribution is -0.124. The van der Waals surface area contributed by atoms with Crippen LogP contribution in [0, 0.1) is 11.3 Å². The van der Waals surface area contributed by atoms with Crippen LogP contribution < -0.4 is 0 Å². The summed E-state index contributed by atoms with van der Waals surface area (Å²) in [5.41, 5.74) is 0.607. The molecule has 0 aromatic heterocycles. The number of Topliss-reactive ketones (excluding diaryl/α,β-unsaturated/α-hetero) is 1. The summed E-state index contributed by atoms with van der Waals surface area (Å²) in [5.74, 6) is 0.844. The van der Waals surface area contributed by atoms with E-state index >= 15 is 0 Å². The topological polar surface area (TPSA) is 20.3 Å². The van der Waals surface area contributed by atoms with E-state index in [1.54, 1.807) is 0 Å². The lowest BCUT2D eigenvalue weighted by Gasteiger charge is -2.40. The third-order valence-electron chi connectivity index (χ3n) is 4.25. The first kappa shape index (κ1) is 16.7. The zero-order valence-electron chi connectivity index (χ0n) is 13.9. The predicted molar refractivity (Wildman–Crippen MR) is 82.4 cm³/mol. The Balaban J connectivity index is 2.29. The highest BCUT2D eigenvalue weighted by Crippen LogP contribution is 2.27. The number of piperidine rings is 1. The fraction of sp³-hybridized carbons (Fsp3) is 0.941. The van der Waals surface area contributed by atoms with Crippen LogP contribution in [0.3, 0.4) is 0 Å². The monoisotopic (exact) mass is 267 g/mol. The van der Waals surface area contributed by atoms with Crippen molar-refractivity contribution < 1.29 is 4.79 Å². The molecule has 0 aromatic rings. The molecule has 1 aliphatic heterocycles. The second-order valence-electron chi connectivity index (χ2n) is 8.31. The molecule has 19 heavy (non-hydrogen) atoms. The molecule has 1 heterocycles. The Morgan fingerprint density at radius 2 is 1.58 bits per heavy atom. The van der Waals surface area contributed by atoms with Gasteiger partial charge in [-0.3, -0.25) is 9.69 Å². The van der Waals surface area contributed by atoms with Gasteiger partial charge in [0, 0.05) is 17.9 Å². The van der Waals surface area contributed by atoms with E-state index in [1.807, 2.05) is 0 Å². The smallest absolute Gasteiger partial charge is 0.136 e. The molecule has 1 rings (SSSR count). The largest absolute Gasteiger partial charge is 0.299 e. The number of ketones is 1. The number of carbonyl (C=O) groups is 1. The Kier molecular flexibility index (Phi) is 5.61. The van der Waals surface area contributed by atoms with Crippen LogP contribution in [0.15, 0.2) is 0 Å². The van der Waals surface area contributed by atoms with Gasteiger partial charge < -0.3 is 0 Å². The van der Waals surface area contributed by atoms with Gasteiger partial charge in [-0.15, -0.1) is 0 Å². The van der Waals surface area contributed by atoms with Crippen molar-refractivity contribution in [2.75, 3.05) is 13.1 Å².